The normalized spacial score (nSPS) is 23.3. The summed E-state index contributed by atoms with van der Waals surface area (Å²) in [4.78, 5) is 0. The minimum Gasteiger partial charge on any atom is -0.384 e. The summed E-state index contributed by atoms with van der Waals surface area (Å²) in [5.74, 6) is 0.588. The topological polar surface area (TPSA) is 50.1 Å². The van der Waals surface area contributed by atoms with Crippen molar-refractivity contribution in [3.05, 3.63) is 30.1 Å². The lowest BCUT2D eigenvalue weighted by atomic mass is 9.86. The molecular formula is C15H24FN3. The summed E-state index contributed by atoms with van der Waals surface area (Å²) in [5, 5.41) is 6.74. The van der Waals surface area contributed by atoms with E-state index in [9.17, 15) is 4.39 Å². The first kappa shape index (κ1) is 14.3. The largest absolute Gasteiger partial charge is 0.384 e. The highest BCUT2D eigenvalue weighted by Gasteiger charge is 2.17. The molecule has 0 unspecified atom stereocenters. The standard InChI is InChI=1S/C15H24FN3/c16-13-3-7-15(8-4-13)19-10-9-18-11-12-1-5-14(17)6-2-12/h3-4,7-8,12,14,18-19H,1-2,5-6,9-11,17H2. The summed E-state index contributed by atoms with van der Waals surface area (Å²) in [6.07, 6.45) is 4.83. The average Bonchev–Trinajstić information content (AvgIpc) is 2.43. The third-order valence-electron chi connectivity index (χ3n) is 3.80. The predicted octanol–water partition coefficient (Wildman–Crippen LogP) is 2.34. The summed E-state index contributed by atoms with van der Waals surface area (Å²) in [5.41, 5.74) is 6.86. The van der Waals surface area contributed by atoms with Crippen LogP contribution in [0.1, 0.15) is 25.7 Å². The molecule has 1 fully saturated rings. The van der Waals surface area contributed by atoms with E-state index in [1.54, 1.807) is 12.1 Å². The van der Waals surface area contributed by atoms with Crippen LogP contribution in [0.2, 0.25) is 0 Å². The van der Waals surface area contributed by atoms with E-state index in [-0.39, 0.29) is 5.82 Å². The Morgan fingerprint density at radius 1 is 1.05 bits per heavy atom. The van der Waals surface area contributed by atoms with Gasteiger partial charge >= 0.3 is 0 Å². The van der Waals surface area contributed by atoms with Crippen molar-refractivity contribution in [2.24, 2.45) is 11.7 Å². The molecule has 0 amide bonds. The van der Waals surface area contributed by atoms with Crippen molar-refractivity contribution >= 4 is 5.69 Å². The second-order valence-electron chi connectivity index (χ2n) is 5.42. The molecule has 0 heterocycles. The zero-order valence-electron chi connectivity index (χ0n) is 11.4. The highest BCUT2D eigenvalue weighted by molar-refractivity contribution is 5.42. The molecule has 0 bridgehead atoms. The lowest BCUT2D eigenvalue weighted by Gasteiger charge is -2.26. The van der Waals surface area contributed by atoms with Crippen LogP contribution in [0.25, 0.3) is 0 Å². The van der Waals surface area contributed by atoms with Crippen LogP contribution in [-0.4, -0.2) is 25.7 Å². The van der Waals surface area contributed by atoms with Crippen LogP contribution in [0.3, 0.4) is 0 Å². The van der Waals surface area contributed by atoms with Crippen LogP contribution in [0.15, 0.2) is 24.3 Å². The second kappa shape index (κ2) is 7.46. The molecule has 1 aliphatic rings. The number of hydrogen-bond acceptors (Lipinski definition) is 3. The van der Waals surface area contributed by atoms with Gasteiger partial charge in [0.05, 0.1) is 0 Å². The lowest BCUT2D eigenvalue weighted by molar-refractivity contribution is 0.316. The number of benzene rings is 1. The van der Waals surface area contributed by atoms with Gasteiger partial charge < -0.3 is 16.4 Å². The van der Waals surface area contributed by atoms with Crippen molar-refractivity contribution in [1.29, 1.82) is 0 Å². The first-order valence-corrected chi connectivity index (χ1v) is 7.20. The van der Waals surface area contributed by atoms with Gasteiger partial charge in [-0.2, -0.15) is 0 Å². The molecule has 0 saturated heterocycles. The molecule has 106 valence electrons. The van der Waals surface area contributed by atoms with Gasteiger partial charge in [-0.15, -0.1) is 0 Å². The van der Waals surface area contributed by atoms with E-state index in [0.29, 0.717) is 6.04 Å². The van der Waals surface area contributed by atoms with Gasteiger partial charge in [-0.25, -0.2) is 4.39 Å². The number of anilines is 1. The second-order valence-corrected chi connectivity index (χ2v) is 5.42. The fourth-order valence-electron chi connectivity index (χ4n) is 2.56. The molecule has 4 heteroatoms. The zero-order chi connectivity index (χ0) is 13.5. The van der Waals surface area contributed by atoms with Gasteiger partial charge in [-0.05, 0) is 62.4 Å². The molecule has 19 heavy (non-hydrogen) atoms. The molecule has 0 aromatic heterocycles. The zero-order valence-corrected chi connectivity index (χ0v) is 11.4. The molecule has 3 nitrogen and oxygen atoms in total. The first-order valence-electron chi connectivity index (χ1n) is 7.20. The molecule has 0 spiro atoms. The first-order chi connectivity index (χ1) is 9.24. The van der Waals surface area contributed by atoms with Crippen molar-refractivity contribution in [3.63, 3.8) is 0 Å². The van der Waals surface area contributed by atoms with Gasteiger partial charge in [-0.1, -0.05) is 0 Å². The summed E-state index contributed by atoms with van der Waals surface area (Å²) >= 11 is 0. The van der Waals surface area contributed by atoms with E-state index >= 15 is 0 Å². The van der Waals surface area contributed by atoms with E-state index in [4.69, 9.17) is 5.73 Å². The van der Waals surface area contributed by atoms with Crippen LogP contribution in [0.4, 0.5) is 10.1 Å². The molecular weight excluding hydrogens is 241 g/mol. The Kier molecular flexibility index (Phi) is 5.61. The number of nitrogens with two attached hydrogens (primary N) is 1. The third-order valence-corrected chi connectivity index (χ3v) is 3.80. The van der Waals surface area contributed by atoms with Gasteiger partial charge in [0.1, 0.15) is 5.82 Å². The quantitative estimate of drug-likeness (QED) is 0.692. The highest BCUT2D eigenvalue weighted by Crippen LogP contribution is 2.22. The molecule has 0 atom stereocenters. The fourth-order valence-corrected chi connectivity index (χ4v) is 2.56. The highest BCUT2D eigenvalue weighted by atomic mass is 19.1. The van der Waals surface area contributed by atoms with Crippen LogP contribution in [0.5, 0.6) is 0 Å². The van der Waals surface area contributed by atoms with Crippen molar-refractivity contribution < 1.29 is 4.39 Å². The van der Waals surface area contributed by atoms with Crippen molar-refractivity contribution in [2.45, 2.75) is 31.7 Å². The summed E-state index contributed by atoms with van der Waals surface area (Å²) in [6, 6.07) is 6.90. The molecule has 0 radical (unpaired) electrons. The van der Waals surface area contributed by atoms with Gasteiger partial charge in [-0.3, -0.25) is 0 Å². The number of rotatable bonds is 6. The van der Waals surface area contributed by atoms with Crippen molar-refractivity contribution in [1.82, 2.24) is 5.32 Å². The summed E-state index contributed by atoms with van der Waals surface area (Å²) < 4.78 is 12.7. The summed E-state index contributed by atoms with van der Waals surface area (Å²) in [7, 11) is 0. The Labute approximate surface area is 114 Å². The molecule has 1 aliphatic carbocycles. The smallest absolute Gasteiger partial charge is 0.123 e. The monoisotopic (exact) mass is 265 g/mol. The maximum absolute atomic E-state index is 12.7. The maximum Gasteiger partial charge on any atom is 0.123 e. The van der Waals surface area contributed by atoms with Gasteiger partial charge in [0, 0.05) is 24.8 Å². The van der Waals surface area contributed by atoms with E-state index in [0.717, 1.165) is 31.2 Å². The van der Waals surface area contributed by atoms with E-state index in [1.807, 2.05) is 0 Å². The van der Waals surface area contributed by atoms with E-state index in [1.165, 1.54) is 37.8 Å². The van der Waals surface area contributed by atoms with Gasteiger partial charge in [0.15, 0.2) is 0 Å². The Morgan fingerprint density at radius 2 is 1.74 bits per heavy atom. The molecule has 1 saturated carbocycles. The Morgan fingerprint density at radius 3 is 2.42 bits per heavy atom. The van der Waals surface area contributed by atoms with Crippen molar-refractivity contribution in [2.75, 3.05) is 25.0 Å². The summed E-state index contributed by atoms with van der Waals surface area (Å²) in [6.45, 7) is 2.87. The average molecular weight is 265 g/mol. The van der Waals surface area contributed by atoms with Gasteiger partial charge in [0.25, 0.3) is 0 Å². The Bertz CT molecular complexity index is 358. The lowest BCUT2D eigenvalue weighted by Crippen LogP contribution is -2.33. The predicted molar refractivity (Wildman–Crippen MR) is 77.7 cm³/mol. The van der Waals surface area contributed by atoms with Crippen molar-refractivity contribution in [3.8, 4) is 0 Å². The molecule has 2 rings (SSSR count). The maximum atomic E-state index is 12.7. The van der Waals surface area contributed by atoms with Crippen LogP contribution in [-0.2, 0) is 0 Å². The number of hydrogen-bond donors (Lipinski definition) is 3. The van der Waals surface area contributed by atoms with Crippen LogP contribution in [0, 0.1) is 11.7 Å². The minimum atomic E-state index is -0.195. The molecule has 1 aromatic rings. The SMILES string of the molecule is NC1CCC(CNCCNc2ccc(F)cc2)CC1. The van der Waals surface area contributed by atoms with Gasteiger partial charge in [0.2, 0.25) is 0 Å². The molecule has 1 aromatic carbocycles. The minimum absolute atomic E-state index is 0.195. The third kappa shape index (κ3) is 5.17. The van der Waals surface area contributed by atoms with E-state index < -0.39 is 0 Å². The van der Waals surface area contributed by atoms with E-state index in [2.05, 4.69) is 10.6 Å². The van der Waals surface area contributed by atoms with Crippen LogP contribution < -0.4 is 16.4 Å². The number of halogens is 1. The Balaban J connectivity index is 1.53. The molecule has 4 N–H and O–H groups in total. The number of nitrogens with one attached hydrogen (secondary N) is 2. The fraction of sp³-hybridized carbons (Fsp3) is 0.600. The molecule has 0 aliphatic heterocycles. The Hall–Kier alpha value is -1.13. The van der Waals surface area contributed by atoms with Crippen LogP contribution >= 0.6 is 0 Å².